The summed E-state index contributed by atoms with van der Waals surface area (Å²) in [6.07, 6.45) is 3.88. The fourth-order valence-corrected chi connectivity index (χ4v) is 6.55. The van der Waals surface area contributed by atoms with Crippen LogP contribution in [0.1, 0.15) is 72.1 Å². The Morgan fingerprint density at radius 3 is 2.31 bits per heavy atom. The van der Waals surface area contributed by atoms with E-state index in [1.54, 1.807) is 4.90 Å². The summed E-state index contributed by atoms with van der Waals surface area (Å²) in [7, 11) is 0. The maximum Gasteiger partial charge on any atom is 0.310 e. The van der Waals surface area contributed by atoms with Gasteiger partial charge in [0.05, 0.1) is 30.7 Å². The Bertz CT molecular complexity index is 851. The van der Waals surface area contributed by atoms with Crippen molar-refractivity contribution >= 4 is 23.8 Å². The number of hydrogen-bond acceptors (Lipinski definition) is 7. The molecule has 6 unspecified atom stereocenters. The number of nitrogens with zero attached hydrogens (tertiary/aromatic N) is 1. The van der Waals surface area contributed by atoms with Crippen molar-refractivity contribution in [1.29, 1.82) is 0 Å². The van der Waals surface area contributed by atoms with Gasteiger partial charge in [0, 0.05) is 18.9 Å². The predicted molar refractivity (Wildman–Crippen MR) is 118 cm³/mol. The zero-order valence-electron chi connectivity index (χ0n) is 20.5. The molecule has 3 saturated carbocycles. The van der Waals surface area contributed by atoms with E-state index < -0.39 is 42.4 Å². The van der Waals surface area contributed by atoms with Gasteiger partial charge in [-0.2, -0.15) is 0 Å². The van der Waals surface area contributed by atoms with Crippen molar-refractivity contribution < 1.29 is 42.2 Å². The number of halogens is 2. The lowest BCUT2D eigenvalue weighted by molar-refractivity contribution is -0.168. The topological polar surface area (TPSA) is 99.2 Å². The molecule has 2 bridgehead atoms. The Morgan fingerprint density at radius 2 is 1.69 bits per heavy atom. The lowest BCUT2D eigenvalue weighted by Gasteiger charge is -2.35. The van der Waals surface area contributed by atoms with E-state index in [1.807, 2.05) is 13.8 Å². The minimum Gasteiger partial charge on any atom is -0.462 e. The summed E-state index contributed by atoms with van der Waals surface area (Å²) in [5.74, 6) is -6.73. The van der Waals surface area contributed by atoms with Crippen LogP contribution in [0.2, 0.25) is 0 Å². The maximum atomic E-state index is 13.3. The summed E-state index contributed by atoms with van der Waals surface area (Å²) >= 11 is 0. The highest BCUT2D eigenvalue weighted by Gasteiger charge is 2.71. The summed E-state index contributed by atoms with van der Waals surface area (Å²) in [5.41, 5.74) is 0. The van der Waals surface area contributed by atoms with Gasteiger partial charge >= 0.3 is 17.9 Å². The molecule has 8 nitrogen and oxygen atoms in total. The number of carbonyl (C=O) groups is 4. The zero-order chi connectivity index (χ0) is 25.5. The summed E-state index contributed by atoms with van der Waals surface area (Å²) in [4.78, 5) is 52.7. The second-order valence-corrected chi connectivity index (χ2v) is 10.8. The molecular weight excluding hydrogens is 464 g/mol. The lowest BCUT2D eigenvalue weighted by atomic mass is 9.78. The molecule has 0 aromatic rings. The second kappa shape index (κ2) is 10.0. The van der Waals surface area contributed by atoms with Crippen LogP contribution in [0.15, 0.2) is 0 Å². The van der Waals surface area contributed by atoms with E-state index in [0.29, 0.717) is 13.3 Å². The van der Waals surface area contributed by atoms with E-state index in [-0.39, 0.29) is 54.7 Å². The number of alkyl halides is 2. The molecule has 0 radical (unpaired) electrons. The van der Waals surface area contributed by atoms with Crippen LogP contribution in [-0.2, 0) is 33.4 Å². The van der Waals surface area contributed by atoms with Crippen molar-refractivity contribution in [1.82, 2.24) is 4.90 Å². The molecule has 4 fully saturated rings. The van der Waals surface area contributed by atoms with Gasteiger partial charge in [-0.3, -0.25) is 19.2 Å². The first-order chi connectivity index (χ1) is 16.5. The molecule has 0 spiro atoms. The highest BCUT2D eigenvalue weighted by Crippen LogP contribution is 2.60. The normalized spacial score (nSPS) is 32.3. The summed E-state index contributed by atoms with van der Waals surface area (Å²) in [5, 5.41) is 0. The number of esters is 3. The maximum absolute atomic E-state index is 13.3. The molecule has 3 aliphatic carbocycles. The van der Waals surface area contributed by atoms with Gasteiger partial charge in [0.25, 0.3) is 5.92 Å². The average Bonchev–Trinajstić information content (AvgIpc) is 3.39. The molecule has 1 aliphatic heterocycles. The van der Waals surface area contributed by atoms with Crippen LogP contribution in [0.5, 0.6) is 0 Å². The molecular formula is C25H35F2NO7. The highest BCUT2D eigenvalue weighted by molar-refractivity contribution is 5.90. The monoisotopic (exact) mass is 499 g/mol. The van der Waals surface area contributed by atoms with E-state index in [4.69, 9.17) is 9.47 Å². The van der Waals surface area contributed by atoms with Crippen molar-refractivity contribution in [3.05, 3.63) is 0 Å². The minimum atomic E-state index is -3.15. The van der Waals surface area contributed by atoms with Crippen molar-refractivity contribution in [2.24, 2.45) is 23.7 Å². The molecule has 1 amide bonds. The van der Waals surface area contributed by atoms with E-state index in [9.17, 15) is 28.0 Å². The van der Waals surface area contributed by atoms with Crippen molar-refractivity contribution in [3.8, 4) is 0 Å². The Kier molecular flexibility index (Phi) is 7.38. The van der Waals surface area contributed by atoms with E-state index in [0.717, 1.165) is 32.1 Å². The summed E-state index contributed by atoms with van der Waals surface area (Å²) in [6.45, 7) is 3.37. The van der Waals surface area contributed by atoms with Gasteiger partial charge in [-0.05, 0) is 51.9 Å². The zero-order valence-corrected chi connectivity index (χ0v) is 20.5. The van der Waals surface area contributed by atoms with Crippen LogP contribution in [0.4, 0.5) is 8.78 Å². The van der Waals surface area contributed by atoms with Crippen molar-refractivity contribution in [3.63, 3.8) is 0 Å². The summed E-state index contributed by atoms with van der Waals surface area (Å²) in [6, 6.07) is -0.440. The SMILES string of the molecule is CC(C)N1C(=O)C2C3CC(C(OC(=O)CCC(=O)OCC(C)(F)F)C31)C2C(=O)OC1CCCCC1. The van der Waals surface area contributed by atoms with Gasteiger partial charge in [-0.25, -0.2) is 8.78 Å². The van der Waals surface area contributed by atoms with E-state index in [2.05, 4.69) is 4.74 Å². The molecule has 1 saturated heterocycles. The molecule has 35 heavy (non-hydrogen) atoms. The Labute approximate surface area is 204 Å². The average molecular weight is 500 g/mol. The molecule has 6 atom stereocenters. The van der Waals surface area contributed by atoms with Gasteiger partial charge in [-0.15, -0.1) is 0 Å². The van der Waals surface area contributed by atoms with Crippen LogP contribution in [0.3, 0.4) is 0 Å². The number of ether oxygens (including phenoxy) is 3. The number of rotatable bonds is 9. The van der Waals surface area contributed by atoms with Crippen molar-refractivity contribution in [2.45, 2.75) is 102 Å². The fourth-order valence-electron chi connectivity index (χ4n) is 6.55. The van der Waals surface area contributed by atoms with Crippen molar-refractivity contribution in [2.75, 3.05) is 6.61 Å². The number of amides is 1. The Balaban J connectivity index is 1.43. The number of carbonyl (C=O) groups excluding carboxylic acids is 4. The highest BCUT2D eigenvalue weighted by atomic mass is 19.3. The third-order valence-corrected chi connectivity index (χ3v) is 7.86. The molecule has 4 rings (SSSR count). The second-order valence-electron chi connectivity index (χ2n) is 10.8. The van der Waals surface area contributed by atoms with Gasteiger partial charge in [0.2, 0.25) is 5.91 Å². The molecule has 196 valence electrons. The molecule has 0 N–H and O–H groups in total. The Hall–Kier alpha value is -2.26. The molecule has 0 aromatic heterocycles. The van der Waals surface area contributed by atoms with E-state index >= 15 is 0 Å². The van der Waals surface area contributed by atoms with Crippen LogP contribution < -0.4 is 0 Å². The number of fused-ring (bicyclic) bond motifs is 1. The van der Waals surface area contributed by atoms with Crippen LogP contribution in [0, 0.1) is 23.7 Å². The molecule has 0 aromatic carbocycles. The number of hydrogen-bond donors (Lipinski definition) is 0. The van der Waals surface area contributed by atoms with E-state index in [1.165, 1.54) is 0 Å². The predicted octanol–water partition coefficient (Wildman–Crippen LogP) is 3.25. The molecule has 4 aliphatic rings. The third-order valence-electron chi connectivity index (χ3n) is 7.86. The first-order valence-electron chi connectivity index (χ1n) is 12.7. The quantitative estimate of drug-likeness (QED) is 0.355. The largest absolute Gasteiger partial charge is 0.462 e. The number of likely N-dealkylation sites (tertiary alicyclic amines) is 1. The first kappa shape index (κ1) is 25.8. The van der Waals surface area contributed by atoms with Crippen LogP contribution in [-0.4, -0.2) is 65.5 Å². The van der Waals surface area contributed by atoms with Crippen LogP contribution in [0.25, 0.3) is 0 Å². The fraction of sp³-hybridized carbons (Fsp3) is 0.840. The standard InChI is InChI=1S/C25H35F2NO7/c1-13(2)28-21-15-11-16(22(21)35-18(30)10-9-17(29)33-12-25(3,26)27)20(19(15)23(28)31)24(32)34-14-7-5-4-6-8-14/h13-16,19-22H,4-12H2,1-3H3. The van der Waals surface area contributed by atoms with Gasteiger partial charge < -0.3 is 19.1 Å². The molecule has 1 heterocycles. The summed E-state index contributed by atoms with van der Waals surface area (Å²) < 4.78 is 41.8. The lowest BCUT2D eigenvalue weighted by Crippen LogP contribution is -2.48. The van der Waals surface area contributed by atoms with Gasteiger partial charge in [0.1, 0.15) is 12.2 Å². The first-order valence-corrected chi connectivity index (χ1v) is 12.7. The third kappa shape index (κ3) is 5.31. The minimum absolute atomic E-state index is 0.0895. The molecule has 10 heteroatoms. The van der Waals surface area contributed by atoms with Crippen LogP contribution >= 0.6 is 0 Å². The smallest absolute Gasteiger partial charge is 0.310 e. The van der Waals surface area contributed by atoms with Gasteiger partial charge in [-0.1, -0.05) is 6.42 Å². The Morgan fingerprint density at radius 1 is 1.03 bits per heavy atom. The van der Waals surface area contributed by atoms with Gasteiger partial charge in [0.15, 0.2) is 6.61 Å².